The fraction of sp³-hybridized carbons (Fsp3) is 0.105. The molecule has 140 valence electrons. The highest BCUT2D eigenvalue weighted by Crippen LogP contribution is 2.35. The lowest BCUT2D eigenvalue weighted by Gasteiger charge is -2.24. The minimum absolute atomic E-state index is 0.262. The predicted molar refractivity (Wildman–Crippen MR) is 108 cm³/mol. The Morgan fingerprint density at radius 2 is 2.00 bits per heavy atom. The molecule has 3 heterocycles. The molecule has 0 bridgehead atoms. The third kappa shape index (κ3) is 3.01. The van der Waals surface area contributed by atoms with Crippen molar-refractivity contribution in [2.24, 2.45) is 0 Å². The van der Waals surface area contributed by atoms with Gasteiger partial charge in [0.25, 0.3) is 5.56 Å². The highest BCUT2D eigenvalue weighted by Gasteiger charge is 2.27. The van der Waals surface area contributed by atoms with Crippen LogP contribution in [0, 0.1) is 0 Å². The van der Waals surface area contributed by atoms with Crippen LogP contribution in [0.25, 0.3) is 11.0 Å². The molecule has 2 aromatic heterocycles. The second kappa shape index (κ2) is 6.77. The quantitative estimate of drug-likeness (QED) is 0.485. The van der Waals surface area contributed by atoms with Crippen LogP contribution in [0.5, 0.6) is 11.5 Å². The van der Waals surface area contributed by atoms with Crippen molar-refractivity contribution in [3.05, 3.63) is 78.8 Å². The normalized spacial score (nSPS) is 16.6. The van der Waals surface area contributed by atoms with E-state index in [0.717, 1.165) is 0 Å². The Hall–Kier alpha value is -2.61. The van der Waals surface area contributed by atoms with E-state index in [4.69, 9.17) is 32.7 Å². The number of hydrogen-bond donors (Lipinski definition) is 0. The Morgan fingerprint density at radius 3 is 2.79 bits per heavy atom. The van der Waals surface area contributed by atoms with Gasteiger partial charge in [0.2, 0.25) is 4.96 Å². The molecule has 0 amide bonds. The lowest BCUT2D eigenvalue weighted by Crippen LogP contribution is -2.26. The van der Waals surface area contributed by atoms with Crippen molar-refractivity contribution in [3.8, 4) is 11.5 Å². The molecular formula is C19H11Cl2N3O3S. The fourth-order valence-electron chi connectivity index (χ4n) is 2.89. The van der Waals surface area contributed by atoms with Crippen molar-refractivity contribution < 1.29 is 9.47 Å². The maximum absolute atomic E-state index is 12.7. The number of ether oxygens (including phenoxy) is 2. The molecule has 6 nitrogen and oxygen atoms in total. The number of thiazole rings is 1. The first-order chi connectivity index (χ1) is 13.6. The second-order valence-corrected chi connectivity index (χ2v) is 7.96. The Balaban J connectivity index is 1.51. The lowest BCUT2D eigenvalue weighted by molar-refractivity contribution is 0.0852. The molecule has 0 N–H and O–H groups in total. The van der Waals surface area contributed by atoms with Crippen molar-refractivity contribution in [1.29, 1.82) is 0 Å². The summed E-state index contributed by atoms with van der Waals surface area (Å²) in [5.41, 5.74) is 0.440. The zero-order valence-electron chi connectivity index (χ0n) is 14.1. The summed E-state index contributed by atoms with van der Waals surface area (Å²) in [7, 11) is 0. The van der Waals surface area contributed by atoms with Gasteiger partial charge in [0, 0.05) is 10.0 Å². The minimum atomic E-state index is -0.473. The Morgan fingerprint density at radius 1 is 1.18 bits per heavy atom. The van der Waals surface area contributed by atoms with Gasteiger partial charge in [-0.05, 0) is 35.9 Å². The monoisotopic (exact) mass is 431 g/mol. The molecule has 1 aliphatic rings. The van der Waals surface area contributed by atoms with E-state index in [1.165, 1.54) is 15.9 Å². The van der Waals surface area contributed by atoms with Gasteiger partial charge in [0.1, 0.15) is 6.61 Å². The van der Waals surface area contributed by atoms with Crippen LogP contribution >= 0.6 is 34.5 Å². The van der Waals surface area contributed by atoms with Gasteiger partial charge in [0.15, 0.2) is 23.4 Å². The average Bonchev–Trinajstić information content (AvgIpc) is 3.23. The predicted octanol–water partition coefficient (Wildman–Crippen LogP) is 3.52. The molecule has 0 radical (unpaired) electrons. The van der Waals surface area contributed by atoms with Crippen LogP contribution < -0.4 is 19.6 Å². The first-order valence-electron chi connectivity index (χ1n) is 8.33. The highest BCUT2D eigenvalue weighted by molar-refractivity contribution is 7.15. The average molecular weight is 432 g/mol. The smallest absolute Gasteiger partial charge is 0.291 e. The number of benzene rings is 2. The van der Waals surface area contributed by atoms with Crippen molar-refractivity contribution in [1.82, 2.24) is 14.6 Å². The van der Waals surface area contributed by atoms with Crippen molar-refractivity contribution in [2.45, 2.75) is 6.10 Å². The molecule has 2 aromatic carbocycles. The van der Waals surface area contributed by atoms with E-state index < -0.39 is 6.10 Å². The first kappa shape index (κ1) is 17.5. The standard InChI is InChI=1S/C19H11Cl2N3O3S/c20-11-6-5-10(12(21)8-11)7-16-18(25)24-19(28-16)22-17(23-24)15-9-26-13-3-1-2-4-14(13)27-15/h1-8,15H,9H2/b16-7-/t15-/m1/s1. The maximum atomic E-state index is 12.7. The molecule has 4 aromatic rings. The van der Waals surface area contributed by atoms with Gasteiger partial charge in [-0.15, -0.1) is 5.10 Å². The molecule has 0 unspecified atom stereocenters. The van der Waals surface area contributed by atoms with Gasteiger partial charge in [-0.1, -0.05) is 52.7 Å². The van der Waals surface area contributed by atoms with E-state index >= 15 is 0 Å². The molecule has 0 fully saturated rings. The van der Waals surface area contributed by atoms with Gasteiger partial charge in [0.05, 0.1) is 4.53 Å². The van der Waals surface area contributed by atoms with Crippen LogP contribution in [-0.2, 0) is 0 Å². The van der Waals surface area contributed by atoms with Crippen molar-refractivity contribution >= 4 is 45.6 Å². The summed E-state index contributed by atoms with van der Waals surface area (Å²) in [4.78, 5) is 17.6. The van der Waals surface area contributed by atoms with Gasteiger partial charge < -0.3 is 9.47 Å². The minimum Gasteiger partial charge on any atom is -0.485 e. The van der Waals surface area contributed by atoms with Crippen molar-refractivity contribution in [3.63, 3.8) is 0 Å². The van der Waals surface area contributed by atoms with Crippen LogP contribution in [-0.4, -0.2) is 21.2 Å². The van der Waals surface area contributed by atoms with Gasteiger partial charge in [-0.3, -0.25) is 4.79 Å². The first-order valence-corrected chi connectivity index (χ1v) is 9.90. The van der Waals surface area contributed by atoms with E-state index in [-0.39, 0.29) is 12.2 Å². The molecule has 5 rings (SSSR count). The lowest BCUT2D eigenvalue weighted by atomic mass is 10.2. The topological polar surface area (TPSA) is 65.7 Å². The summed E-state index contributed by atoms with van der Waals surface area (Å²) in [6.45, 7) is 0.280. The van der Waals surface area contributed by atoms with E-state index in [1.807, 2.05) is 24.3 Å². The molecule has 0 saturated carbocycles. The molecule has 0 aliphatic carbocycles. The maximum Gasteiger partial charge on any atom is 0.291 e. The van der Waals surface area contributed by atoms with Crippen LogP contribution in [0.3, 0.4) is 0 Å². The number of aromatic nitrogens is 3. The summed E-state index contributed by atoms with van der Waals surface area (Å²) in [6.07, 6.45) is 1.23. The third-order valence-corrected chi connectivity index (χ3v) is 5.77. The van der Waals surface area contributed by atoms with Crippen LogP contribution in [0.1, 0.15) is 17.5 Å². The summed E-state index contributed by atoms with van der Waals surface area (Å²) < 4.78 is 13.4. The van der Waals surface area contributed by atoms with E-state index in [2.05, 4.69) is 10.1 Å². The van der Waals surface area contributed by atoms with Gasteiger partial charge in [-0.2, -0.15) is 9.50 Å². The summed E-state index contributed by atoms with van der Waals surface area (Å²) >= 11 is 13.3. The summed E-state index contributed by atoms with van der Waals surface area (Å²) in [6, 6.07) is 12.5. The molecule has 9 heteroatoms. The van der Waals surface area contributed by atoms with E-state index in [1.54, 1.807) is 24.3 Å². The molecular weight excluding hydrogens is 421 g/mol. The van der Waals surface area contributed by atoms with Crippen LogP contribution in [0.4, 0.5) is 0 Å². The highest BCUT2D eigenvalue weighted by atomic mass is 35.5. The molecule has 0 saturated heterocycles. The molecule has 0 spiro atoms. The number of nitrogens with zero attached hydrogens (tertiary/aromatic N) is 3. The Bertz CT molecular complexity index is 1320. The Kier molecular flexibility index (Phi) is 4.23. The SMILES string of the molecule is O=c1/c(=C/c2ccc(Cl)cc2Cl)sc2nc([C@H]3COc4ccccc4O3)nn12. The van der Waals surface area contributed by atoms with Crippen LogP contribution in [0.15, 0.2) is 47.3 Å². The molecule has 1 aliphatic heterocycles. The zero-order chi connectivity index (χ0) is 19.3. The van der Waals surface area contributed by atoms with Gasteiger partial charge >= 0.3 is 0 Å². The van der Waals surface area contributed by atoms with Gasteiger partial charge in [-0.25, -0.2) is 0 Å². The summed E-state index contributed by atoms with van der Waals surface area (Å²) in [5, 5.41) is 5.34. The van der Waals surface area contributed by atoms with Crippen LogP contribution in [0.2, 0.25) is 10.0 Å². The molecule has 28 heavy (non-hydrogen) atoms. The second-order valence-electron chi connectivity index (χ2n) is 6.11. The number of para-hydroxylation sites is 2. The number of hydrogen-bond acceptors (Lipinski definition) is 6. The fourth-order valence-corrected chi connectivity index (χ4v) is 4.26. The largest absolute Gasteiger partial charge is 0.485 e. The number of rotatable bonds is 2. The zero-order valence-corrected chi connectivity index (χ0v) is 16.5. The Labute approximate surface area is 172 Å². The third-order valence-electron chi connectivity index (χ3n) is 4.24. The van der Waals surface area contributed by atoms with Crippen molar-refractivity contribution in [2.75, 3.05) is 6.61 Å². The number of halogens is 2. The molecule has 1 atom stereocenters. The van der Waals surface area contributed by atoms with E-state index in [0.29, 0.717) is 42.4 Å². The summed E-state index contributed by atoms with van der Waals surface area (Å²) in [5.74, 6) is 1.72. The van der Waals surface area contributed by atoms with E-state index in [9.17, 15) is 4.79 Å². The number of fused-ring (bicyclic) bond motifs is 2.